The molecule has 180 valence electrons. The molecule has 9 nitrogen and oxygen atoms in total. The van der Waals surface area contributed by atoms with Crippen LogP contribution < -0.4 is 5.30 Å². The molecule has 1 aromatic heterocycles. The van der Waals surface area contributed by atoms with Crippen molar-refractivity contribution in [1.29, 1.82) is 0 Å². The smallest absolute Gasteiger partial charge is 0.449 e. The first-order valence-corrected chi connectivity index (χ1v) is 12.4. The average molecular weight is 479 g/mol. The lowest BCUT2D eigenvalue weighted by molar-refractivity contribution is -0.384. The summed E-state index contributed by atoms with van der Waals surface area (Å²) in [5, 5.41) is 11.7. The maximum Gasteiger partial charge on any atom is 0.449 e. The number of hydrogen-bond acceptors (Lipinski definition) is 8. The Kier molecular flexibility index (Phi) is 9.03. The van der Waals surface area contributed by atoms with Crippen LogP contribution in [0.2, 0.25) is 0 Å². The van der Waals surface area contributed by atoms with Gasteiger partial charge in [-0.3, -0.25) is 15.1 Å². The summed E-state index contributed by atoms with van der Waals surface area (Å²) in [4.78, 5) is 40.2. The second-order valence-corrected chi connectivity index (χ2v) is 9.76. The molecule has 10 heteroatoms. The highest BCUT2D eigenvalue weighted by molar-refractivity contribution is 7.69. The Morgan fingerprint density at radius 1 is 1.15 bits per heavy atom. The molecule has 2 atom stereocenters. The number of ether oxygens (including phenoxy) is 1. The number of benzene rings is 1. The van der Waals surface area contributed by atoms with Crippen molar-refractivity contribution < 1.29 is 28.4 Å². The number of nitro groups is 1. The first-order chi connectivity index (χ1) is 15.5. The van der Waals surface area contributed by atoms with Gasteiger partial charge in [0.05, 0.1) is 34.5 Å². The van der Waals surface area contributed by atoms with Crippen molar-refractivity contribution in [3.05, 3.63) is 51.3 Å². The van der Waals surface area contributed by atoms with Crippen LogP contribution in [0.3, 0.4) is 0 Å². The van der Waals surface area contributed by atoms with E-state index in [1.54, 1.807) is 19.9 Å². The first-order valence-electron chi connectivity index (χ1n) is 10.8. The molecule has 1 aromatic carbocycles. The number of non-ortho nitro benzene ring substituents is 1. The SMILES string of the molecule is CCC(C)O[P+](O)(OC(C)CC)c1c(C)nc(C)c(C(=O)OC)c1-c1cccc([N+](=O)[O-])c1. The second-order valence-electron chi connectivity index (χ2n) is 7.85. The Morgan fingerprint density at radius 2 is 1.73 bits per heavy atom. The predicted octanol–water partition coefficient (Wildman–Crippen LogP) is 5.07. The van der Waals surface area contributed by atoms with Gasteiger partial charge in [-0.2, -0.15) is 13.9 Å². The van der Waals surface area contributed by atoms with Gasteiger partial charge in [-0.25, -0.2) is 4.79 Å². The lowest BCUT2D eigenvalue weighted by atomic mass is 9.97. The van der Waals surface area contributed by atoms with Crippen molar-refractivity contribution in [3.8, 4) is 11.1 Å². The van der Waals surface area contributed by atoms with Gasteiger partial charge >= 0.3 is 13.9 Å². The molecular formula is C23H32N2O7P+. The van der Waals surface area contributed by atoms with E-state index in [0.717, 1.165) is 0 Å². The summed E-state index contributed by atoms with van der Waals surface area (Å²) >= 11 is 0. The fourth-order valence-corrected chi connectivity index (χ4v) is 5.88. The van der Waals surface area contributed by atoms with E-state index in [-0.39, 0.29) is 34.3 Å². The van der Waals surface area contributed by atoms with Crippen LogP contribution in [-0.4, -0.2) is 40.1 Å². The molecule has 2 aromatic rings. The molecule has 0 aliphatic rings. The molecular weight excluding hydrogens is 447 g/mol. The van der Waals surface area contributed by atoms with Crippen LogP contribution in [0.4, 0.5) is 5.69 Å². The maximum absolute atomic E-state index is 12.8. The Bertz CT molecular complexity index is 1020. The Morgan fingerprint density at radius 3 is 2.21 bits per heavy atom. The number of aryl methyl sites for hydroxylation is 2. The van der Waals surface area contributed by atoms with E-state index < -0.39 is 18.8 Å². The highest BCUT2D eigenvalue weighted by atomic mass is 31.2. The third kappa shape index (κ3) is 5.92. The maximum atomic E-state index is 12.8. The summed E-state index contributed by atoms with van der Waals surface area (Å²) in [6, 6.07) is 5.86. The van der Waals surface area contributed by atoms with Crippen molar-refractivity contribution in [1.82, 2.24) is 4.98 Å². The third-order valence-corrected chi connectivity index (χ3v) is 7.74. The van der Waals surface area contributed by atoms with Crippen molar-refractivity contribution in [3.63, 3.8) is 0 Å². The number of aromatic nitrogens is 1. The number of nitro benzene ring substituents is 1. The number of esters is 1. The van der Waals surface area contributed by atoms with Crippen molar-refractivity contribution >= 4 is 24.9 Å². The number of hydrogen-bond donors (Lipinski definition) is 1. The van der Waals surface area contributed by atoms with Crippen LogP contribution in [0, 0.1) is 24.0 Å². The zero-order valence-corrected chi connectivity index (χ0v) is 21.0. The fourth-order valence-electron chi connectivity index (χ4n) is 3.36. The van der Waals surface area contributed by atoms with Gasteiger partial charge in [0.15, 0.2) is 0 Å². The summed E-state index contributed by atoms with van der Waals surface area (Å²) < 4.78 is 17.2. The molecule has 1 N–H and O–H groups in total. The molecule has 2 unspecified atom stereocenters. The van der Waals surface area contributed by atoms with E-state index in [9.17, 15) is 19.8 Å². The number of nitrogens with zero attached hydrogens (tertiary/aromatic N) is 2. The van der Waals surface area contributed by atoms with Crippen LogP contribution in [0.5, 0.6) is 0 Å². The highest BCUT2D eigenvalue weighted by Crippen LogP contribution is 2.60. The standard InChI is InChI=1S/C23H32N2O7P/c1-8-14(3)31-33(29,32-15(4)9-2)22-17(6)24-16(5)20(23(26)30-7)21(22)18-11-10-12-19(13-18)25(27)28/h10-15,29H,8-9H2,1-7H3/q+1. The average Bonchev–Trinajstić information content (AvgIpc) is 2.77. The van der Waals surface area contributed by atoms with E-state index >= 15 is 0 Å². The number of carbonyl (C=O) groups is 1. The minimum atomic E-state index is -3.78. The van der Waals surface area contributed by atoms with Gasteiger partial charge in [-0.1, -0.05) is 26.0 Å². The minimum absolute atomic E-state index is 0.0949. The zero-order chi connectivity index (χ0) is 24.9. The van der Waals surface area contributed by atoms with E-state index in [4.69, 9.17) is 13.8 Å². The number of carbonyl (C=O) groups excluding carboxylic acids is 1. The number of pyridine rings is 1. The van der Waals surface area contributed by atoms with Gasteiger partial charge < -0.3 is 4.74 Å². The van der Waals surface area contributed by atoms with Crippen molar-refractivity contribution in [2.75, 3.05) is 7.11 Å². The van der Waals surface area contributed by atoms with E-state index in [0.29, 0.717) is 29.8 Å². The van der Waals surface area contributed by atoms with E-state index in [1.807, 2.05) is 27.7 Å². The van der Waals surface area contributed by atoms with E-state index in [2.05, 4.69) is 4.98 Å². The van der Waals surface area contributed by atoms with Crippen LogP contribution >= 0.6 is 7.94 Å². The van der Waals surface area contributed by atoms with E-state index in [1.165, 1.54) is 25.3 Å². The summed E-state index contributed by atoms with van der Waals surface area (Å²) in [6.07, 6.45) is 0.515. The Labute approximate surface area is 194 Å². The lowest BCUT2D eigenvalue weighted by Gasteiger charge is -2.26. The molecule has 0 aliphatic carbocycles. The fraction of sp³-hybridized carbons (Fsp3) is 0.478. The molecule has 0 fully saturated rings. The monoisotopic (exact) mass is 479 g/mol. The summed E-state index contributed by atoms with van der Waals surface area (Å²) in [6.45, 7) is 10.8. The molecule has 33 heavy (non-hydrogen) atoms. The van der Waals surface area contributed by atoms with Gasteiger partial charge in [0.2, 0.25) is 5.30 Å². The van der Waals surface area contributed by atoms with Gasteiger partial charge in [-0.15, -0.1) is 0 Å². The van der Waals surface area contributed by atoms with Crippen molar-refractivity contribution in [2.24, 2.45) is 0 Å². The molecule has 0 saturated carbocycles. The largest absolute Gasteiger partial charge is 0.465 e. The van der Waals surface area contributed by atoms with Crippen LogP contribution in [0.15, 0.2) is 24.3 Å². The van der Waals surface area contributed by atoms with Crippen LogP contribution in [0.25, 0.3) is 11.1 Å². The summed E-state index contributed by atoms with van der Waals surface area (Å²) in [5.74, 6) is -0.679. The molecule has 0 radical (unpaired) electrons. The number of rotatable bonds is 10. The van der Waals surface area contributed by atoms with Gasteiger partial charge in [0, 0.05) is 12.1 Å². The van der Waals surface area contributed by atoms with Crippen molar-refractivity contribution in [2.45, 2.75) is 66.6 Å². The van der Waals surface area contributed by atoms with Crippen LogP contribution in [0.1, 0.15) is 62.3 Å². The molecule has 0 aliphatic heterocycles. The Hall–Kier alpha value is -2.45. The number of methoxy groups -OCH3 is 1. The predicted molar refractivity (Wildman–Crippen MR) is 128 cm³/mol. The van der Waals surface area contributed by atoms with Crippen LogP contribution in [-0.2, 0) is 13.8 Å². The normalized spacial score (nSPS) is 14.9. The second kappa shape index (κ2) is 11.1. The summed E-state index contributed by atoms with van der Waals surface area (Å²) in [7, 11) is -2.54. The summed E-state index contributed by atoms with van der Waals surface area (Å²) in [5.41, 5.74) is 1.32. The first kappa shape index (κ1) is 26.8. The highest BCUT2D eigenvalue weighted by Gasteiger charge is 2.52. The molecule has 1 heterocycles. The molecule has 0 spiro atoms. The Balaban J connectivity index is 3.00. The molecule has 0 amide bonds. The molecule has 0 saturated heterocycles. The molecule has 2 rings (SSSR count). The lowest BCUT2D eigenvalue weighted by Crippen LogP contribution is -2.29. The molecule has 0 bridgehead atoms. The van der Waals surface area contributed by atoms with Gasteiger partial charge in [0.25, 0.3) is 5.69 Å². The zero-order valence-electron chi connectivity index (χ0n) is 20.1. The van der Waals surface area contributed by atoms with Gasteiger partial charge in [0.1, 0.15) is 12.2 Å². The topological polar surface area (TPSA) is 121 Å². The quantitative estimate of drug-likeness (QED) is 0.217. The van der Waals surface area contributed by atoms with Gasteiger partial charge in [-0.05, 0) is 46.1 Å². The minimum Gasteiger partial charge on any atom is -0.465 e. The third-order valence-electron chi connectivity index (χ3n) is 5.34.